The Hall–Kier alpha value is -3.30. The first-order valence-corrected chi connectivity index (χ1v) is 9.16. The average molecular weight is 424 g/mol. The fourth-order valence-corrected chi connectivity index (χ4v) is 3.36. The van der Waals surface area contributed by atoms with E-state index in [1.807, 2.05) is 0 Å². The van der Waals surface area contributed by atoms with Gasteiger partial charge >= 0.3 is 12.1 Å². The summed E-state index contributed by atoms with van der Waals surface area (Å²) in [6.07, 6.45) is -3.96. The van der Waals surface area contributed by atoms with Gasteiger partial charge < -0.3 is 14.4 Å². The second-order valence-electron chi connectivity index (χ2n) is 6.79. The molecule has 0 aliphatic carbocycles. The molecule has 1 saturated heterocycles. The maximum absolute atomic E-state index is 12.9. The number of para-hydroxylation sites is 2. The van der Waals surface area contributed by atoms with Gasteiger partial charge in [0.25, 0.3) is 5.69 Å². The zero-order valence-corrected chi connectivity index (χ0v) is 16.0. The van der Waals surface area contributed by atoms with Crippen LogP contribution in [-0.2, 0) is 11.0 Å². The van der Waals surface area contributed by atoms with Gasteiger partial charge in [-0.25, -0.2) is 0 Å². The summed E-state index contributed by atoms with van der Waals surface area (Å²) in [5.41, 5.74) is -1.59. The number of carbonyl (C=O) groups excluding carboxylic acids is 1. The zero-order chi connectivity index (χ0) is 21.9. The van der Waals surface area contributed by atoms with E-state index >= 15 is 0 Å². The van der Waals surface area contributed by atoms with Crippen LogP contribution < -0.4 is 14.4 Å². The van der Waals surface area contributed by atoms with Crippen LogP contribution in [0.15, 0.2) is 42.5 Å². The predicted molar refractivity (Wildman–Crippen MR) is 102 cm³/mol. The third kappa shape index (κ3) is 4.64. The molecule has 1 fully saturated rings. The van der Waals surface area contributed by atoms with Crippen LogP contribution in [0.25, 0.3) is 0 Å². The molecule has 1 heterocycles. The molecule has 160 valence electrons. The summed E-state index contributed by atoms with van der Waals surface area (Å²) < 4.78 is 49.2. The van der Waals surface area contributed by atoms with Gasteiger partial charge in [-0.05, 0) is 37.1 Å². The lowest BCUT2D eigenvalue weighted by atomic mass is 9.96. The Morgan fingerprint density at radius 1 is 1.13 bits per heavy atom. The van der Waals surface area contributed by atoms with Gasteiger partial charge in [-0.2, -0.15) is 13.2 Å². The lowest BCUT2D eigenvalue weighted by Gasteiger charge is -2.32. The van der Waals surface area contributed by atoms with E-state index in [1.165, 1.54) is 7.11 Å². The monoisotopic (exact) mass is 424 g/mol. The molecule has 0 saturated carbocycles. The number of methoxy groups -OCH3 is 1. The number of nitro benzene ring substituents is 1. The summed E-state index contributed by atoms with van der Waals surface area (Å²) in [5.74, 6) is -0.157. The van der Waals surface area contributed by atoms with E-state index in [1.54, 1.807) is 29.2 Å². The van der Waals surface area contributed by atoms with Crippen molar-refractivity contribution in [1.29, 1.82) is 0 Å². The van der Waals surface area contributed by atoms with E-state index in [2.05, 4.69) is 0 Å². The number of anilines is 1. The summed E-state index contributed by atoms with van der Waals surface area (Å²) in [6, 6.07) is 9.19. The lowest BCUT2D eigenvalue weighted by molar-refractivity contribution is -0.384. The Morgan fingerprint density at radius 3 is 2.33 bits per heavy atom. The van der Waals surface area contributed by atoms with Gasteiger partial charge in [-0.3, -0.25) is 14.9 Å². The summed E-state index contributed by atoms with van der Waals surface area (Å²) in [6.45, 7) is 0.551. The summed E-state index contributed by atoms with van der Waals surface area (Å²) in [4.78, 5) is 24.6. The first-order chi connectivity index (χ1) is 14.2. The molecule has 3 rings (SSSR count). The molecule has 2 aromatic rings. The van der Waals surface area contributed by atoms with E-state index in [9.17, 15) is 28.1 Å². The molecule has 0 radical (unpaired) electrons. The second-order valence-corrected chi connectivity index (χ2v) is 6.79. The number of alkyl halides is 3. The van der Waals surface area contributed by atoms with E-state index in [-0.39, 0.29) is 18.8 Å². The Bertz CT molecular complexity index is 940. The number of carbonyl (C=O) groups is 1. The third-order valence-electron chi connectivity index (χ3n) is 4.95. The standard InChI is InChI=1S/C20H19F3N2O5/c1-29-17-4-2-3-5-18(17)30-19(26)13-8-10-24(11-9-13)15-7-6-14(20(21,22)23)12-16(15)25(27)28/h2-7,12-13H,8-11H2,1H3. The Labute approximate surface area is 170 Å². The molecule has 2 aromatic carbocycles. The minimum atomic E-state index is -4.67. The highest BCUT2D eigenvalue weighted by Crippen LogP contribution is 2.38. The molecular formula is C20H19F3N2O5. The molecule has 10 heteroatoms. The normalized spacial score (nSPS) is 15.0. The maximum atomic E-state index is 12.9. The van der Waals surface area contributed by atoms with Gasteiger partial charge in [-0.15, -0.1) is 0 Å². The van der Waals surface area contributed by atoms with E-state index < -0.39 is 34.2 Å². The molecule has 0 N–H and O–H groups in total. The number of piperidine rings is 1. The van der Waals surface area contributed by atoms with E-state index in [0.717, 1.165) is 12.1 Å². The second kappa shape index (κ2) is 8.60. The zero-order valence-electron chi connectivity index (χ0n) is 16.0. The number of halogens is 3. The van der Waals surface area contributed by atoms with Crippen LogP contribution in [0.4, 0.5) is 24.5 Å². The molecule has 7 nitrogen and oxygen atoms in total. The van der Waals surface area contributed by atoms with Gasteiger partial charge in [0.1, 0.15) is 5.69 Å². The highest BCUT2D eigenvalue weighted by atomic mass is 19.4. The molecule has 0 spiro atoms. The van der Waals surface area contributed by atoms with Crippen LogP contribution in [0.2, 0.25) is 0 Å². The molecule has 0 aromatic heterocycles. The Morgan fingerprint density at radius 2 is 1.77 bits per heavy atom. The lowest BCUT2D eigenvalue weighted by Crippen LogP contribution is -2.38. The van der Waals surface area contributed by atoms with Crippen LogP contribution in [0.5, 0.6) is 11.5 Å². The molecule has 0 unspecified atom stereocenters. The Balaban J connectivity index is 1.69. The number of nitrogens with zero attached hydrogens (tertiary/aromatic N) is 2. The maximum Gasteiger partial charge on any atom is 0.416 e. The van der Waals surface area contributed by atoms with Crippen molar-refractivity contribution in [2.75, 3.05) is 25.1 Å². The summed E-state index contributed by atoms with van der Waals surface area (Å²) in [5, 5.41) is 11.3. The average Bonchev–Trinajstić information content (AvgIpc) is 2.73. The highest BCUT2D eigenvalue weighted by molar-refractivity contribution is 5.76. The first kappa shape index (κ1) is 21.4. The number of benzene rings is 2. The first-order valence-electron chi connectivity index (χ1n) is 9.16. The summed E-state index contributed by atoms with van der Waals surface area (Å²) >= 11 is 0. The number of ether oxygens (including phenoxy) is 2. The van der Waals surface area contributed by atoms with E-state index in [0.29, 0.717) is 30.4 Å². The van der Waals surface area contributed by atoms with Crippen molar-refractivity contribution in [3.05, 3.63) is 58.1 Å². The van der Waals surface area contributed by atoms with Crippen LogP contribution in [0.3, 0.4) is 0 Å². The Kier molecular flexibility index (Phi) is 6.14. The molecule has 30 heavy (non-hydrogen) atoms. The number of hydrogen-bond acceptors (Lipinski definition) is 6. The van der Waals surface area contributed by atoms with Crippen molar-refractivity contribution in [3.63, 3.8) is 0 Å². The van der Waals surface area contributed by atoms with Crippen LogP contribution >= 0.6 is 0 Å². The molecule has 0 atom stereocenters. The fourth-order valence-electron chi connectivity index (χ4n) is 3.36. The van der Waals surface area contributed by atoms with Crippen molar-refractivity contribution in [1.82, 2.24) is 0 Å². The minimum Gasteiger partial charge on any atom is -0.493 e. The van der Waals surface area contributed by atoms with Gasteiger partial charge in [0.2, 0.25) is 0 Å². The number of esters is 1. The number of rotatable bonds is 5. The van der Waals surface area contributed by atoms with E-state index in [4.69, 9.17) is 9.47 Å². The van der Waals surface area contributed by atoms with Crippen molar-refractivity contribution >= 4 is 17.3 Å². The number of nitro groups is 1. The van der Waals surface area contributed by atoms with Crippen LogP contribution in [0, 0.1) is 16.0 Å². The highest BCUT2D eigenvalue weighted by Gasteiger charge is 2.35. The predicted octanol–water partition coefficient (Wildman–Crippen LogP) is 4.44. The molecular weight excluding hydrogens is 405 g/mol. The minimum absolute atomic E-state index is 0.101. The van der Waals surface area contributed by atoms with Crippen LogP contribution in [0.1, 0.15) is 18.4 Å². The van der Waals surface area contributed by atoms with Crippen molar-refractivity contribution in [2.24, 2.45) is 5.92 Å². The molecule has 1 aliphatic heterocycles. The van der Waals surface area contributed by atoms with Gasteiger partial charge in [0.05, 0.1) is 23.5 Å². The van der Waals surface area contributed by atoms with Crippen LogP contribution in [-0.4, -0.2) is 31.1 Å². The van der Waals surface area contributed by atoms with Crippen molar-refractivity contribution < 1.29 is 32.4 Å². The quantitative estimate of drug-likeness (QED) is 0.305. The molecule has 0 amide bonds. The van der Waals surface area contributed by atoms with Gasteiger partial charge in [-0.1, -0.05) is 12.1 Å². The fraction of sp³-hybridized carbons (Fsp3) is 0.350. The van der Waals surface area contributed by atoms with Gasteiger partial charge in [0.15, 0.2) is 11.5 Å². The SMILES string of the molecule is COc1ccccc1OC(=O)C1CCN(c2ccc(C(F)(F)F)cc2[N+](=O)[O-])CC1. The molecule has 0 bridgehead atoms. The molecule has 1 aliphatic rings. The topological polar surface area (TPSA) is 81.9 Å². The number of hydrogen-bond donors (Lipinski definition) is 0. The van der Waals surface area contributed by atoms with Gasteiger partial charge in [0, 0.05) is 19.2 Å². The summed E-state index contributed by atoms with van der Waals surface area (Å²) in [7, 11) is 1.46. The smallest absolute Gasteiger partial charge is 0.416 e. The largest absolute Gasteiger partial charge is 0.493 e. The third-order valence-corrected chi connectivity index (χ3v) is 4.95. The van der Waals surface area contributed by atoms with Crippen molar-refractivity contribution in [2.45, 2.75) is 19.0 Å². The van der Waals surface area contributed by atoms with Crippen molar-refractivity contribution in [3.8, 4) is 11.5 Å².